The maximum Gasteiger partial charge on any atom is 0.320 e. The van der Waals surface area contributed by atoms with E-state index in [9.17, 15) is 9.59 Å². The smallest absolute Gasteiger partial charge is 0.320 e. The Morgan fingerprint density at radius 3 is 2.38 bits per heavy atom. The van der Waals surface area contributed by atoms with Crippen molar-refractivity contribution in [2.75, 3.05) is 13.6 Å². The molecule has 13 heavy (non-hydrogen) atoms. The first-order chi connectivity index (χ1) is 6.02. The number of carbonyl (C=O) groups is 2. The molecule has 1 heterocycles. The van der Waals surface area contributed by atoms with Gasteiger partial charge in [-0.25, -0.2) is 0 Å². The number of carboxylic acid groups (broad SMARTS) is 2. The van der Waals surface area contributed by atoms with Crippen LogP contribution in [-0.2, 0) is 9.59 Å². The number of aliphatic carboxylic acids is 2. The largest absolute Gasteiger partial charge is 0.481 e. The molecule has 0 bridgehead atoms. The number of hydrogen-bond donors (Lipinski definition) is 2. The molecule has 2 atom stereocenters. The van der Waals surface area contributed by atoms with Crippen LogP contribution in [0.2, 0.25) is 0 Å². The molecular weight excluding hydrogens is 174 g/mol. The van der Waals surface area contributed by atoms with Gasteiger partial charge in [0.05, 0.1) is 5.92 Å². The van der Waals surface area contributed by atoms with E-state index in [4.69, 9.17) is 10.2 Å². The molecule has 0 unspecified atom stereocenters. The standard InChI is InChI=1S/C8H13NO4/c1-9-3-2-5(7(10)11)4-6(9)8(12)13/h5-6H,2-4H2,1H3,(H,10,11)(H,12,13)/t5-,6-/m0/s1. The lowest BCUT2D eigenvalue weighted by Gasteiger charge is -2.32. The summed E-state index contributed by atoms with van der Waals surface area (Å²) in [5.74, 6) is -2.33. The van der Waals surface area contributed by atoms with Gasteiger partial charge >= 0.3 is 11.9 Å². The Morgan fingerprint density at radius 1 is 1.31 bits per heavy atom. The Hall–Kier alpha value is -1.10. The number of hydrogen-bond acceptors (Lipinski definition) is 3. The fourth-order valence-corrected chi connectivity index (χ4v) is 1.60. The van der Waals surface area contributed by atoms with Crippen LogP contribution < -0.4 is 0 Å². The van der Waals surface area contributed by atoms with Crippen molar-refractivity contribution in [1.29, 1.82) is 0 Å². The van der Waals surface area contributed by atoms with Crippen molar-refractivity contribution in [2.24, 2.45) is 5.92 Å². The fourth-order valence-electron chi connectivity index (χ4n) is 1.60. The van der Waals surface area contributed by atoms with E-state index in [1.54, 1.807) is 11.9 Å². The zero-order valence-corrected chi connectivity index (χ0v) is 7.43. The van der Waals surface area contributed by atoms with E-state index >= 15 is 0 Å². The van der Waals surface area contributed by atoms with E-state index in [0.29, 0.717) is 13.0 Å². The van der Waals surface area contributed by atoms with Crippen LogP contribution in [0.3, 0.4) is 0 Å². The van der Waals surface area contributed by atoms with Crippen molar-refractivity contribution in [3.8, 4) is 0 Å². The summed E-state index contributed by atoms with van der Waals surface area (Å²) in [4.78, 5) is 23.0. The second kappa shape index (κ2) is 3.74. The van der Waals surface area contributed by atoms with Gasteiger partial charge in [-0.1, -0.05) is 0 Å². The molecule has 0 saturated carbocycles. The highest BCUT2D eigenvalue weighted by Crippen LogP contribution is 2.21. The highest BCUT2D eigenvalue weighted by atomic mass is 16.4. The molecule has 0 aromatic heterocycles. The number of likely N-dealkylation sites (N-methyl/N-ethyl adjacent to an activating group) is 1. The lowest BCUT2D eigenvalue weighted by atomic mass is 9.91. The first-order valence-electron chi connectivity index (χ1n) is 4.18. The lowest BCUT2D eigenvalue weighted by Crippen LogP contribution is -2.46. The second-order valence-corrected chi connectivity index (χ2v) is 3.39. The molecule has 1 fully saturated rings. The van der Waals surface area contributed by atoms with Crippen molar-refractivity contribution in [2.45, 2.75) is 18.9 Å². The van der Waals surface area contributed by atoms with Gasteiger partial charge < -0.3 is 10.2 Å². The molecule has 0 aromatic rings. The predicted octanol–water partition coefficient (Wildman–Crippen LogP) is -0.134. The summed E-state index contributed by atoms with van der Waals surface area (Å²) in [6.45, 7) is 0.536. The minimum Gasteiger partial charge on any atom is -0.481 e. The Morgan fingerprint density at radius 2 is 1.92 bits per heavy atom. The molecule has 0 aromatic carbocycles. The summed E-state index contributed by atoms with van der Waals surface area (Å²) >= 11 is 0. The van der Waals surface area contributed by atoms with E-state index in [1.807, 2.05) is 0 Å². The van der Waals surface area contributed by atoms with Gasteiger partial charge in [0.2, 0.25) is 0 Å². The van der Waals surface area contributed by atoms with Gasteiger partial charge in [-0.3, -0.25) is 14.5 Å². The number of nitrogens with zero attached hydrogens (tertiary/aromatic N) is 1. The Balaban J connectivity index is 2.63. The molecule has 1 rings (SSSR count). The number of piperidine rings is 1. The summed E-state index contributed by atoms with van der Waals surface area (Å²) in [5.41, 5.74) is 0. The lowest BCUT2D eigenvalue weighted by molar-refractivity contribution is -0.149. The summed E-state index contributed by atoms with van der Waals surface area (Å²) < 4.78 is 0. The topological polar surface area (TPSA) is 77.8 Å². The summed E-state index contributed by atoms with van der Waals surface area (Å²) in [6, 6.07) is -0.644. The van der Waals surface area contributed by atoms with Crippen LogP contribution in [0.15, 0.2) is 0 Å². The van der Waals surface area contributed by atoms with Gasteiger partial charge in [-0.05, 0) is 26.4 Å². The third-order valence-electron chi connectivity index (χ3n) is 2.50. The van der Waals surface area contributed by atoms with E-state index in [0.717, 1.165) is 0 Å². The van der Waals surface area contributed by atoms with Gasteiger partial charge in [-0.15, -0.1) is 0 Å². The van der Waals surface area contributed by atoms with Gasteiger partial charge in [0.25, 0.3) is 0 Å². The zero-order valence-electron chi connectivity index (χ0n) is 7.43. The van der Waals surface area contributed by atoms with Crippen LogP contribution in [-0.4, -0.2) is 46.7 Å². The maximum absolute atomic E-state index is 10.7. The van der Waals surface area contributed by atoms with Crippen LogP contribution in [0, 0.1) is 5.92 Å². The molecule has 0 amide bonds. The van der Waals surface area contributed by atoms with Gasteiger partial charge in [-0.2, -0.15) is 0 Å². The van der Waals surface area contributed by atoms with E-state index in [2.05, 4.69) is 0 Å². The van der Waals surface area contributed by atoms with Gasteiger partial charge in [0, 0.05) is 0 Å². The van der Waals surface area contributed by atoms with E-state index in [1.165, 1.54) is 0 Å². The average molecular weight is 187 g/mol. The monoisotopic (exact) mass is 187 g/mol. The highest BCUT2D eigenvalue weighted by Gasteiger charge is 2.34. The second-order valence-electron chi connectivity index (χ2n) is 3.39. The first kappa shape index (κ1) is 9.98. The van der Waals surface area contributed by atoms with Crippen LogP contribution in [0.25, 0.3) is 0 Å². The van der Waals surface area contributed by atoms with Crippen LogP contribution in [0.5, 0.6) is 0 Å². The fraction of sp³-hybridized carbons (Fsp3) is 0.750. The molecule has 5 nitrogen and oxygen atoms in total. The van der Waals surface area contributed by atoms with Crippen LogP contribution in [0.4, 0.5) is 0 Å². The quantitative estimate of drug-likeness (QED) is 0.629. The molecule has 5 heteroatoms. The summed E-state index contributed by atoms with van der Waals surface area (Å²) in [5, 5.41) is 17.5. The molecule has 2 N–H and O–H groups in total. The Bertz CT molecular complexity index is 228. The predicted molar refractivity (Wildman–Crippen MR) is 44.4 cm³/mol. The SMILES string of the molecule is CN1CC[C@H](C(=O)O)C[C@H]1C(=O)O. The maximum atomic E-state index is 10.7. The number of likely N-dealkylation sites (tertiary alicyclic amines) is 1. The van der Waals surface area contributed by atoms with E-state index in [-0.39, 0.29) is 6.42 Å². The van der Waals surface area contributed by atoms with Crippen molar-refractivity contribution in [1.82, 2.24) is 4.90 Å². The van der Waals surface area contributed by atoms with Crippen LogP contribution >= 0.6 is 0 Å². The molecule has 0 aliphatic carbocycles. The normalized spacial score (nSPS) is 29.9. The third kappa shape index (κ3) is 2.18. The number of rotatable bonds is 2. The molecule has 0 radical (unpaired) electrons. The molecular formula is C8H13NO4. The van der Waals surface area contributed by atoms with Crippen molar-refractivity contribution in [3.63, 3.8) is 0 Å². The Labute approximate surface area is 76.0 Å². The minimum absolute atomic E-state index is 0.209. The first-order valence-corrected chi connectivity index (χ1v) is 4.18. The van der Waals surface area contributed by atoms with Gasteiger partial charge in [0.15, 0.2) is 0 Å². The molecule has 1 aliphatic rings. The Kier molecular flexibility index (Phi) is 2.87. The summed E-state index contributed by atoms with van der Waals surface area (Å²) in [6.07, 6.45) is 0.747. The minimum atomic E-state index is -0.937. The molecule has 1 saturated heterocycles. The van der Waals surface area contributed by atoms with Crippen molar-refractivity contribution >= 4 is 11.9 Å². The van der Waals surface area contributed by atoms with Crippen LogP contribution in [0.1, 0.15) is 12.8 Å². The molecule has 74 valence electrons. The highest BCUT2D eigenvalue weighted by molar-refractivity contribution is 5.76. The van der Waals surface area contributed by atoms with E-state index < -0.39 is 23.9 Å². The van der Waals surface area contributed by atoms with Crippen molar-refractivity contribution in [3.05, 3.63) is 0 Å². The zero-order chi connectivity index (χ0) is 10.0. The average Bonchev–Trinajstić information content (AvgIpc) is 2.04. The summed E-state index contributed by atoms with van der Waals surface area (Å²) in [7, 11) is 1.71. The molecule has 0 spiro atoms. The molecule has 1 aliphatic heterocycles. The van der Waals surface area contributed by atoms with Gasteiger partial charge in [0.1, 0.15) is 6.04 Å². The van der Waals surface area contributed by atoms with Crippen molar-refractivity contribution < 1.29 is 19.8 Å². The third-order valence-corrected chi connectivity index (χ3v) is 2.50. The number of carboxylic acids is 2.